The molecule has 4 atom stereocenters. The van der Waals surface area contributed by atoms with Crippen LogP contribution in [0.1, 0.15) is 63.0 Å². The molecule has 1 aromatic rings. The number of benzene rings is 1. The van der Waals surface area contributed by atoms with Crippen molar-refractivity contribution in [1.29, 1.82) is 0 Å². The molecule has 7 nitrogen and oxygen atoms in total. The molecule has 3 unspecified atom stereocenters. The quantitative estimate of drug-likeness (QED) is 0.753. The predicted molar refractivity (Wildman–Crippen MR) is 107 cm³/mol. The van der Waals surface area contributed by atoms with E-state index in [-0.39, 0.29) is 35.3 Å². The first-order valence-corrected chi connectivity index (χ1v) is 11.8. The SMILES string of the molecule is CCCN1C(=O)CC2C3CCc4cc(OS(N)(=O)=O)ccc4C3CC[C@]2(C)C1=O. The van der Waals surface area contributed by atoms with Gasteiger partial charge in [-0.2, -0.15) is 13.6 Å². The summed E-state index contributed by atoms with van der Waals surface area (Å²) in [4.78, 5) is 27.4. The Kier molecular flexibility index (Phi) is 4.98. The molecule has 158 valence electrons. The second kappa shape index (κ2) is 7.09. The zero-order valence-electron chi connectivity index (χ0n) is 16.9. The van der Waals surface area contributed by atoms with Gasteiger partial charge in [0.05, 0.1) is 5.41 Å². The van der Waals surface area contributed by atoms with Crippen molar-refractivity contribution >= 4 is 22.1 Å². The molecule has 29 heavy (non-hydrogen) atoms. The van der Waals surface area contributed by atoms with E-state index in [9.17, 15) is 18.0 Å². The van der Waals surface area contributed by atoms with E-state index in [0.717, 1.165) is 37.7 Å². The largest absolute Gasteiger partial charge is 0.380 e. The number of amides is 2. The fourth-order valence-electron chi connectivity index (χ4n) is 5.88. The molecule has 1 aromatic carbocycles. The van der Waals surface area contributed by atoms with Crippen LogP contribution < -0.4 is 9.32 Å². The van der Waals surface area contributed by atoms with Gasteiger partial charge in [0.25, 0.3) is 0 Å². The summed E-state index contributed by atoms with van der Waals surface area (Å²) in [6, 6.07) is 5.31. The fraction of sp³-hybridized carbons (Fsp3) is 0.619. The van der Waals surface area contributed by atoms with E-state index in [1.54, 1.807) is 12.1 Å². The molecule has 0 bridgehead atoms. The van der Waals surface area contributed by atoms with Crippen LogP contribution in [0.15, 0.2) is 18.2 Å². The molecule has 0 aromatic heterocycles. The van der Waals surface area contributed by atoms with Crippen molar-refractivity contribution in [3.05, 3.63) is 29.3 Å². The number of nitrogens with two attached hydrogens (primary N) is 1. The number of imide groups is 1. The summed E-state index contributed by atoms with van der Waals surface area (Å²) >= 11 is 0. The molecule has 1 heterocycles. The van der Waals surface area contributed by atoms with Crippen LogP contribution in [0.3, 0.4) is 0 Å². The normalized spacial score (nSPS) is 31.7. The third-order valence-electron chi connectivity index (χ3n) is 7.18. The van der Waals surface area contributed by atoms with Crippen molar-refractivity contribution < 1.29 is 22.2 Å². The number of carbonyl (C=O) groups excluding carboxylic acids is 2. The molecular weight excluding hydrogens is 392 g/mol. The van der Waals surface area contributed by atoms with Gasteiger partial charge in [0, 0.05) is 13.0 Å². The van der Waals surface area contributed by atoms with Crippen molar-refractivity contribution in [1.82, 2.24) is 4.90 Å². The van der Waals surface area contributed by atoms with E-state index < -0.39 is 15.7 Å². The summed E-state index contributed by atoms with van der Waals surface area (Å²) < 4.78 is 27.2. The minimum atomic E-state index is -4.05. The van der Waals surface area contributed by atoms with Gasteiger partial charge in [-0.05, 0) is 73.1 Å². The molecule has 2 aliphatic carbocycles. The molecule has 1 aliphatic heterocycles. The molecule has 2 N–H and O–H groups in total. The Balaban J connectivity index is 1.63. The molecule has 4 rings (SSSR count). The van der Waals surface area contributed by atoms with Crippen LogP contribution in [0, 0.1) is 17.3 Å². The third-order valence-corrected chi connectivity index (χ3v) is 7.60. The lowest BCUT2D eigenvalue weighted by Gasteiger charge is -2.54. The lowest BCUT2D eigenvalue weighted by molar-refractivity contribution is -0.167. The molecule has 2 fully saturated rings. The highest BCUT2D eigenvalue weighted by molar-refractivity contribution is 7.84. The lowest BCUT2D eigenvalue weighted by Crippen LogP contribution is -2.59. The Morgan fingerprint density at radius 3 is 2.72 bits per heavy atom. The highest BCUT2D eigenvalue weighted by Gasteiger charge is 2.57. The molecule has 3 aliphatic rings. The maximum atomic E-state index is 13.2. The zero-order valence-corrected chi connectivity index (χ0v) is 17.7. The van der Waals surface area contributed by atoms with Crippen molar-refractivity contribution in [2.45, 2.75) is 58.3 Å². The first-order valence-electron chi connectivity index (χ1n) is 10.3. The highest BCUT2D eigenvalue weighted by atomic mass is 32.2. The summed E-state index contributed by atoms with van der Waals surface area (Å²) in [7, 11) is -4.05. The lowest BCUT2D eigenvalue weighted by atomic mass is 9.52. The van der Waals surface area contributed by atoms with Crippen molar-refractivity contribution in [3.8, 4) is 5.75 Å². The Morgan fingerprint density at radius 2 is 2.03 bits per heavy atom. The first kappa shape index (κ1) is 20.3. The van der Waals surface area contributed by atoms with E-state index in [4.69, 9.17) is 9.32 Å². The molecular formula is C21H28N2O5S. The van der Waals surface area contributed by atoms with Gasteiger partial charge in [0.2, 0.25) is 11.8 Å². The molecule has 2 amide bonds. The second-order valence-electron chi connectivity index (χ2n) is 8.86. The number of hydrogen-bond donors (Lipinski definition) is 1. The maximum absolute atomic E-state index is 13.2. The van der Waals surface area contributed by atoms with Crippen LogP contribution in [0.5, 0.6) is 5.75 Å². The predicted octanol–water partition coefficient (Wildman–Crippen LogP) is 2.50. The topological polar surface area (TPSA) is 107 Å². The van der Waals surface area contributed by atoms with E-state index in [2.05, 4.69) is 0 Å². The van der Waals surface area contributed by atoms with E-state index in [1.165, 1.54) is 10.5 Å². The number of fused-ring (bicyclic) bond motifs is 5. The van der Waals surface area contributed by atoms with Gasteiger partial charge in [-0.25, -0.2) is 0 Å². The summed E-state index contributed by atoms with van der Waals surface area (Å²) in [5, 5.41) is 4.98. The Bertz CT molecular complexity index is 960. The van der Waals surface area contributed by atoms with Crippen molar-refractivity contribution in [2.75, 3.05) is 6.54 Å². The summed E-state index contributed by atoms with van der Waals surface area (Å²) in [6.45, 7) is 4.53. The van der Waals surface area contributed by atoms with E-state index >= 15 is 0 Å². The van der Waals surface area contributed by atoms with Gasteiger partial charge >= 0.3 is 10.3 Å². The molecule has 1 saturated heterocycles. The van der Waals surface area contributed by atoms with Crippen LogP contribution in [-0.2, 0) is 26.3 Å². The van der Waals surface area contributed by atoms with Crippen LogP contribution in [0.4, 0.5) is 0 Å². The number of piperidine rings is 1. The van der Waals surface area contributed by atoms with E-state index in [1.807, 2.05) is 19.9 Å². The average molecular weight is 421 g/mol. The minimum Gasteiger partial charge on any atom is -0.371 e. The van der Waals surface area contributed by atoms with Crippen LogP contribution in [0.2, 0.25) is 0 Å². The van der Waals surface area contributed by atoms with Crippen molar-refractivity contribution in [2.24, 2.45) is 22.4 Å². The van der Waals surface area contributed by atoms with Crippen LogP contribution in [0.25, 0.3) is 0 Å². The summed E-state index contributed by atoms with van der Waals surface area (Å²) in [5.41, 5.74) is 1.77. The second-order valence-corrected chi connectivity index (χ2v) is 10.0. The molecule has 8 heteroatoms. The van der Waals surface area contributed by atoms with Gasteiger partial charge < -0.3 is 4.18 Å². The molecule has 1 saturated carbocycles. The number of rotatable bonds is 4. The van der Waals surface area contributed by atoms with Crippen LogP contribution >= 0.6 is 0 Å². The van der Waals surface area contributed by atoms with Gasteiger partial charge in [-0.15, -0.1) is 0 Å². The minimum absolute atomic E-state index is 0.00162. The number of hydrogen-bond acceptors (Lipinski definition) is 5. The Morgan fingerprint density at radius 1 is 1.28 bits per heavy atom. The average Bonchev–Trinajstić information content (AvgIpc) is 2.65. The van der Waals surface area contributed by atoms with Gasteiger partial charge in [-0.1, -0.05) is 19.9 Å². The number of likely N-dealkylation sites (tertiary alicyclic amines) is 1. The molecule has 0 spiro atoms. The standard InChI is InChI=1S/C21H28N2O5S/c1-3-10-23-19(24)12-18-17-6-4-13-11-14(28-29(22,26)27)5-7-15(13)16(17)8-9-21(18,2)20(23)25/h5,7,11,16-18H,3-4,6,8-10,12H2,1-2H3,(H2,22,26,27)/t16?,17?,18?,21-/m0/s1. The highest BCUT2D eigenvalue weighted by Crippen LogP contribution is 2.58. The fourth-order valence-corrected chi connectivity index (χ4v) is 6.25. The van der Waals surface area contributed by atoms with Gasteiger partial charge in [-0.3, -0.25) is 14.5 Å². The Labute approximate surface area is 171 Å². The monoisotopic (exact) mass is 420 g/mol. The van der Waals surface area contributed by atoms with Gasteiger partial charge in [0.15, 0.2) is 0 Å². The zero-order chi connectivity index (χ0) is 21.0. The number of aryl methyl sites for hydroxylation is 1. The number of carbonyl (C=O) groups is 2. The number of nitrogens with zero attached hydrogens (tertiary/aromatic N) is 1. The smallest absolute Gasteiger partial charge is 0.371 e. The van der Waals surface area contributed by atoms with Crippen LogP contribution in [-0.4, -0.2) is 31.7 Å². The first-order chi connectivity index (χ1) is 13.6. The Hall–Kier alpha value is -1.93. The van der Waals surface area contributed by atoms with E-state index in [0.29, 0.717) is 13.0 Å². The maximum Gasteiger partial charge on any atom is 0.380 e. The summed E-state index contributed by atoms with van der Waals surface area (Å²) in [6.07, 6.45) is 4.52. The van der Waals surface area contributed by atoms with Crippen molar-refractivity contribution in [3.63, 3.8) is 0 Å². The summed E-state index contributed by atoms with van der Waals surface area (Å²) in [5.74, 6) is 0.803. The van der Waals surface area contributed by atoms with Gasteiger partial charge in [0.1, 0.15) is 5.75 Å². The third kappa shape index (κ3) is 3.46. The molecule has 0 radical (unpaired) electrons.